The van der Waals surface area contributed by atoms with Crippen molar-refractivity contribution in [2.24, 2.45) is 17.3 Å². The Labute approximate surface area is 135 Å². The van der Waals surface area contributed by atoms with Crippen molar-refractivity contribution in [3.8, 4) is 0 Å². The number of methoxy groups -OCH3 is 1. The number of aryl methyl sites for hydroxylation is 1. The highest BCUT2D eigenvalue weighted by Gasteiger charge is 2.51. The minimum atomic E-state index is -0.0890. The van der Waals surface area contributed by atoms with Crippen molar-refractivity contribution in [2.45, 2.75) is 33.2 Å². The molecule has 2 atom stereocenters. The van der Waals surface area contributed by atoms with Crippen LogP contribution < -0.4 is 0 Å². The largest absolute Gasteiger partial charge is 0.469 e. The lowest BCUT2D eigenvalue weighted by Gasteiger charge is -2.50. The Hall–Kier alpha value is -1.55. The van der Waals surface area contributed by atoms with Gasteiger partial charge in [-0.2, -0.15) is 5.10 Å². The van der Waals surface area contributed by atoms with Crippen LogP contribution in [0.15, 0.2) is 24.3 Å². The molecular weight excluding hydrogens is 300 g/mol. The van der Waals surface area contributed by atoms with E-state index in [0.717, 1.165) is 30.3 Å². The number of hydrogen-bond donors (Lipinski definition) is 0. The van der Waals surface area contributed by atoms with E-state index in [9.17, 15) is 4.79 Å². The quantitative estimate of drug-likeness (QED) is 0.802. The number of para-hydroxylation sites is 1. The summed E-state index contributed by atoms with van der Waals surface area (Å²) in [7, 11) is 1.46. The molecule has 0 bridgehead atoms. The van der Waals surface area contributed by atoms with Gasteiger partial charge in [-0.05, 0) is 36.3 Å². The maximum Gasteiger partial charge on any atom is 0.309 e. The highest BCUT2D eigenvalue weighted by Crippen LogP contribution is 2.53. The highest BCUT2D eigenvalue weighted by atomic mass is 35.5. The fourth-order valence-electron chi connectivity index (χ4n) is 3.58. The number of nitrogens with zero attached hydrogens (tertiary/aromatic N) is 2. The van der Waals surface area contributed by atoms with Gasteiger partial charge in [0.25, 0.3) is 0 Å². The van der Waals surface area contributed by atoms with E-state index < -0.39 is 0 Å². The molecule has 0 aliphatic heterocycles. The second-order valence-electron chi connectivity index (χ2n) is 6.65. The normalized spacial score (nSPS) is 23.3. The van der Waals surface area contributed by atoms with Gasteiger partial charge in [0, 0.05) is 11.9 Å². The van der Waals surface area contributed by atoms with Crippen LogP contribution in [0.4, 0.5) is 0 Å². The molecule has 1 saturated carbocycles. The Balaban J connectivity index is 1.70. The molecule has 5 heteroatoms. The Kier molecular flexibility index (Phi) is 3.89. The minimum absolute atomic E-state index is 0.0140. The molecule has 22 heavy (non-hydrogen) atoms. The first kappa shape index (κ1) is 15.3. The Bertz CT molecular complexity index is 708. The molecule has 2 aromatic rings. The smallest absolute Gasteiger partial charge is 0.309 e. The zero-order valence-electron chi connectivity index (χ0n) is 13.2. The predicted octanol–water partition coefficient (Wildman–Crippen LogP) is 3.92. The Morgan fingerprint density at radius 1 is 1.45 bits per heavy atom. The van der Waals surface area contributed by atoms with Crippen LogP contribution >= 0.6 is 11.6 Å². The molecule has 1 aliphatic carbocycles. The third-order valence-corrected chi connectivity index (χ3v) is 5.54. The Morgan fingerprint density at radius 2 is 2.18 bits per heavy atom. The second-order valence-corrected chi connectivity index (χ2v) is 7.01. The molecule has 118 valence electrons. The van der Waals surface area contributed by atoms with Crippen molar-refractivity contribution in [2.75, 3.05) is 7.11 Å². The number of fused-ring (bicyclic) bond motifs is 1. The lowest BCUT2D eigenvalue weighted by atomic mass is 9.54. The number of carbonyl (C=O) groups is 1. The van der Waals surface area contributed by atoms with Crippen molar-refractivity contribution in [3.05, 3.63) is 29.4 Å². The summed E-state index contributed by atoms with van der Waals surface area (Å²) in [5.41, 5.74) is 1.05. The number of esters is 1. The lowest BCUT2D eigenvalue weighted by Crippen LogP contribution is -2.49. The molecule has 0 amide bonds. The molecule has 1 aromatic carbocycles. The van der Waals surface area contributed by atoms with Crippen LogP contribution in [0.2, 0.25) is 5.15 Å². The molecule has 1 aliphatic rings. The van der Waals surface area contributed by atoms with Crippen molar-refractivity contribution < 1.29 is 9.53 Å². The van der Waals surface area contributed by atoms with Crippen LogP contribution in [0.1, 0.15) is 26.7 Å². The summed E-state index contributed by atoms with van der Waals surface area (Å²) in [6.45, 7) is 5.11. The molecule has 4 nitrogen and oxygen atoms in total. The summed E-state index contributed by atoms with van der Waals surface area (Å²) in [6.07, 6.45) is 1.88. The summed E-state index contributed by atoms with van der Waals surface area (Å²) >= 11 is 6.19. The molecule has 3 rings (SSSR count). The van der Waals surface area contributed by atoms with E-state index in [1.165, 1.54) is 7.11 Å². The zero-order valence-corrected chi connectivity index (χ0v) is 13.9. The van der Waals surface area contributed by atoms with Gasteiger partial charge < -0.3 is 4.74 Å². The first-order valence-corrected chi connectivity index (χ1v) is 8.02. The number of rotatable bonds is 4. The molecule has 0 spiro atoms. The molecule has 0 radical (unpaired) electrons. The van der Waals surface area contributed by atoms with E-state index >= 15 is 0 Å². The SMILES string of the molecule is COC(=O)[C@@H]1C[C@H](CCn2nc(Cl)c3ccccc32)C1(C)C. The van der Waals surface area contributed by atoms with E-state index in [-0.39, 0.29) is 17.3 Å². The molecule has 1 heterocycles. The number of hydrogen-bond acceptors (Lipinski definition) is 3. The van der Waals surface area contributed by atoms with Crippen LogP contribution in [0.5, 0.6) is 0 Å². The highest BCUT2D eigenvalue weighted by molar-refractivity contribution is 6.34. The van der Waals surface area contributed by atoms with E-state index in [0.29, 0.717) is 11.1 Å². The maximum absolute atomic E-state index is 11.8. The van der Waals surface area contributed by atoms with Gasteiger partial charge >= 0.3 is 5.97 Å². The van der Waals surface area contributed by atoms with Crippen LogP contribution in [0.25, 0.3) is 10.9 Å². The van der Waals surface area contributed by atoms with Gasteiger partial charge in [-0.1, -0.05) is 37.6 Å². The van der Waals surface area contributed by atoms with Gasteiger partial charge in [-0.15, -0.1) is 0 Å². The van der Waals surface area contributed by atoms with Crippen molar-refractivity contribution in [3.63, 3.8) is 0 Å². The monoisotopic (exact) mass is 320 g/mol. The molecule has 1 fully saturated rings. The van der Waals surface area contributed by atoms with E-state index in [1.54, 1.807) is 0 Å². The van der Waals surface area contributed by atoms with Gasteiger partial charge in [0.05, 0.1) is 18.5 Å². The lowest BCUT2D eigenvalue weighted by molar-refractivity contribution is -0.163. The van der Waals surface area contributed by atoms with Crippen LogP contribution in [-0.2, 0) is 16.1 Å². The zero-order chi connectivity index (χ0) is 15.9. The molecule has 0 saturated heterocycles. The number of carbonyl (C=O) groups excluding carboxylic acids is 1. The van der Waals surface area contributed by atoms with Gasteiger partial charge in [-0.3, -0.25) is 9.48 Å². The van der Waals surface area contributed by atoms with Crippen molar-refractivity contribution in [1.29, 1.82) is 0 Å². The van der Waals surface area contributed by atoms with Crippen LogP contribution in [0.3, 0.4) is 0 Å². The fraction of sp³-hybridized carbons (Fsp3) is 0.529. The molecule has 1 aromatic heterocycles. The summed E-state index contributed by atoms with van der Waals surface area (Å²) in [5, 5.41) is 5.97. The summed E-state index contributed by atoms with van der Waals surface area (Å²) in [5.74, 6) is 0.424. The Morgan fingerprint density at radius 3 is 2.86 bits per heavy atom. The fourth-order valence-corrected chi connectivity index (χ4v) is 3.83. The van der Waals surface area contributed by atoms with Gasteiger partial charge in [0.15, 0.2) is 5.15 Å². The first-order chi connectivity index (χ1) is 10.4. The first-order valence-electron chi connectivity index (χ1n) is 7.64. The third-order valence-electron chi connectivity index (χ3n) is 5.26. The predicted molar refractivity (Wildman–Crippen MR) is 86.8 cm³/mol. The van der Waals surface area contributed by atoms with Crippen LogP contribution in [-0.4, -0.2) is 22.9 Å². The van der Waals surface area contributed by atoms with E-state index in [2.05, 4.69) is 18.9 Å². The number of aromatic nitrogens is 2. The standard InChI is InChI=1S/C17H21ClN2O2/c1-17(2)11(10-13(17)16(21)22-3)8-9-20-14-7-5-4-6-12(14)15(18)19-20/h4-7,11,13H,8-10H2,1-3H3/t11-,13-/m0/s1. The second kappa shape index (κ2) is 5.58. The topological polar surface area (TPSA) is 44.1 Å². The van der Waals surface area contributed by atoms with E-state index in [4.69, 9.17) is 16.3 Å². The third kappa shape index (κ3) is 2.39. The average molecular weight is 321 g/mol. The summed E-state index contributed by atoms with van der Waals surface area (Å²) in [6, 6.07) is 7.99. The molecule has 0 unspecified atom stereocenters. The number of ether oxygens (including phenoxy) is 1. The van der Waals surface area contributed by atoms with E-state index in [1.807, 2.05) is 28.9 Å². The van der Waals surface area contributed by atoms with Gasteiger partial charge in [0.2, 0.25) is 0 Å². The van der Waals surface area contributed by atoms with Gasteiger partial charge in [-0.25, -0.2) is 0 Å². The van der Waals surface area contributed by atoms with Crippen LogP contribution in [0, 0.1) is 17.3 Å². The molecule has 0 N–H and O–H groups in total. The number of halogens is 1. The molecular formula is C17H21ClN2O2. The average Bonchev–Trinajstić information content (AvgIpc) is 2.83. The number of benzene rings is 1. The van der Waals surface area contributed by atoms with Gasteiger partial charge in [0.1, 0.15) is 0 Å². The van der Waals surface area contributed by atoms with Crippen molar-refractivity contribution >= 4 is 28.5 Å². The summed E-state index contributed by atoms with van der Waals surface area (Å²) < 4.78 is 6.86. The maximum atomic E-state index is 11.8. The summed E-state index contributed by atoms with van der Waals surface area (Å²) in [4.78, 5) is 11.8. The van der Waals surface area contributed by atoms with Crippen molar-refractivity contribution in [1.82, 2.24) is 9.78 Å². The minimum Gasteiger partial charge on any atom is -0.469 e.